The zero-order valence-corrected chi connectivity index (χ0v) is 27.1. The molecule has 10 heteroatoms. The van der Waals surface area contributed by atoms with Crippen molar-refractivity contribution in [1.82, 2.24) is 20.3 Å². The normalized spacial score (nSPS) is 12.4. The topological polar surface area (TPSA) is 116 Å². The molecule has 1 N–H and O–H groups in total. The van der Waals surface area contributed by atoms with Gasteiger partial charge in [0.25, 0.3) is 0 Å². The Morgan fingerprint density at radius 2 is 1.62 bits per heavy atom. The van der Waals surface area contributed by atoms with E-state index in [1.54, 1.807) is 4.90 Å². The molecule has 1 aliphatic rings. The molecular weight excluding hydrogens is 570 g/mol. The molecule has 0 unspecified atom stereocenters. The molecule has 45 heavy (non-hydrogen) atoms. The minimum atomic E-state index is -0.216. The van der Waals surface area contributed by atoms with E-state index in [-0.39, 0.29) is 42.5 Å². The number of fused-ring (bicyclic) bond motifs is 5. The lowest BCUT2D eigenvalue weighted by atomic mass is 9.95. The van der Waals surface area contributed by atoms with Gasteiger partial charge >= 0.3 is 0 Å². The van der Waals surface area contributed by atoms with Gasteiger partial charge in [0, 0.05) is 56.0 Å². The number of ketones is 1. The SMILES string of the molecule is CC(C)OCCCCCn1nnc2c1-c1ccccc1CN(C(=O)CCC(=O)NCCOCCC(=O)C(C)C)c1ccccc1-2. The van der Waals surface area contributed by atoms with Gasteiger partial charge in [0.1, 0.15) is 11.5 Å². The molecule has 10 nitrogen and oxygen atoms in total. The number of para-hydroxylation sites is 1. The molecule has 2 amide bonds. The first-order valence-electron chi connectivity index (χ1n) is 16.2. The highest BCUT2D eigenvalue weighted by atomic mass is 16.5. The van der Waals surface area contributed by atoms with Crippen LogP contribution >= 0.6 is 0 Å². The molecule has 2 heterocycles. The number of hydrogen-bond donors (Lipinski definition) is 1. The number of amides is 2. The van der Waals surface area contributed by atoms with Crippen LogP contribution in [0.15, 0.2) is 48.5 Å². The minimum absolute atomic E-state index is 0.00808. The average molecular weight is 618 g/mol. The fraction of sp³-hybridized carbons (Fsp3) is 0.514. The number of carbonyl (C=O) groups is 3. The molecule has 0 aliphatic carbocycles. The van der Waals surface area contributed by atoms with E-state index in [1.807, 2.05) is 74.8 Å². The van der Waals surface area contributed by atoms with E-state index in [0.717, 1.165) is 66.2 Å². The summed E-state index contributed by atoms with van der Waals surface area (Å²) in [5.74, 6) is -0.209. The van der Waals surface area contributed by atoms with Crippen LogP contribution in [0.5, 0.6) is 0 Å². The number of Topliss-reactive ketones (excluding diaryl/α,β-unsaturated/α-hetero) is 1. The number of carbonyl (C=O) groups excluding carboxylic acids is 3. The number of nitrogens with zero attached hydrogens (tertiary/aromatic N) is 4. The van der Waals surface area contributed by atoms with Crippen LogP contribution < -0.4 is 10.2 Å². The molecule has 0 bridgehead atoms. The first kappa shape index (κ1) is 34.0. The third-order valence-electron chi connectivity index (χ3n) is 7.82. The first-order chi connectivity index (χ1) is 21.8. The number of aryl methyl sites for hydroxylation is 1. The van der Waals surface area contributed by atoms with Crippen LogP contribution in [0.25, 0.3) is 22.5 Å². The third-order valence-corrected chi connectivity index (χ3v) is 7.82. The van der Waals surface area contributed by atoms with Crippen molar-refractivity contribution >= 4 is 23.3 Å². The standard InChI is InChI=1S/C35H47N5O5/c1-25(2)31(41)18-22-44-23-19-36-32(42)16-17-33(43)39-24-27-12-6-7-13-28(27)35-34(29-14-8-9-15-30(29)39)37-38-40(35)20-10-5-11-21-45-26(3)4/h6-9,12-15,25-26H,5,10-11,16-24H2,1-4H3,(H,36,42). The van der Waals surface area contributed by atoms with Gasteiger partial charge < -0.3 is 19.7 Å². The van der Waals surface area contributed by atoms with Crippen molar-refractivity contribution in [3.05, 3.63) is 54.1 Å². The maximum absolute atomic E-state index is 13.7. The number of aromatic nitrogens is 3. The summed E-state index contributed by atoms with van der Waals surface area (Å²) in [5, 5.41) is 12.0. The molecule has 1 aromatic heterocycles. The first-order valence-corrected chi connectivity index (χ1v) is 16.2. The molecule has 0 atom stereocenters. The van der Waals surface area contributed by atoms with Gasteiger partial charge in [-0.25, -0.2) is 4.68 Å². The molecule has 0 spiro atoms. The van der Waals surface area contributed by atoms with Crippen molar-refractivity contribution in [2.75, 3.05) is 31.3 Å². The maximum Gasteiger partial charge on any atom is 0.227 e. The Hall–Kier alpha value is -3.89. The van der Waals surface area contributed by atoms with Crippen LogP contribution in [0.3, 0.4) is 0 Å². The largest absolute Gasteiger partial charge is 0.379 e. The van der Waals surface area contributed by atoms with Crippen LogP contribution in [0.1, 0.15) is 71.8 Å². The predicted molar refractivity (Wildman–Crippen MR) is 175 cm³/mol. The summed E-state index contributed by atoms with van der Waals surface area (Å²) in [6, 6.07) is 15.8. The Labute approximate surface area is 266 Å². The van der Waals surface area contributed by atoms with Crippen LogP contribution in [0, 0.1) is 5.92 Å². The van der Waals surface area contributed by atoms with E-state index in [4.69, 9.17) is 9.47 Å². The summed E-state index contributed by atoms with van der Waals surface area (Å²) < 4.78 is 13.1. The van der Waals surface area contributed by atoms with Gasteiger partial charge in [-0.1, -0.05) is 61.5 Å². The molecule has 0 saturated heterocycles. The molecule has 4 rings (SSSR count). The lowest BCUT2D eigenvalue weighted by molar-refractivity contribution is -0.125. The highest BCUT2D eigenvalue weighted by Crippen LogP contribution is 2.41. The number of anilines is 1. The monoisotopic (exact) mass is 617 g/mol. The smallest absolute Gasteiger partial charge is 0.227 e. The Bertz CT molecular complexity index is 1430. The van der Waals surface area contributed by atoms with Crippen molar-refractivity contribution < 1.29 is 23.9 Å². The second-order valence-electron chi connectivity index (χ2n) is 12.0. The summed E-state index contributed by atoms with van der Waals surface area (Å²) in [6.07, 6.45) is 3.72. The summed E-state index contributed by atoms with van der Waals surface area (Å²) in [4.78, 5) is 39.7. The van der Waals surface area contributed by atoms with E-state index in [1.165, 1.54) is 0 Å². The van der Waals surface area contributed by atoms with Crippen molar-refractivity contribution in [2.45, 2.75) is 85.4 Å². The zero-order chi connectivity index (χ0) is 32.2. The van der Waals surface area contributed by atoms with Gasteiger partial charge in [0.15, 0.2) is 0 Å². The minimum Gasteiger partial charge on any atom is -0.379 e. The Balaban J connectivity index is 1.42. The third kappa shape index (κ3) is 9.55. The number of benzene rings is 2. The fourth-order valence-electron chi connectivity index (χ4n) is 5.32. The molecule has 0 saturated carbocycles. The van der Waals surface area contributed by atoms with Gasteiger partial charge in [-0.15, -0.1) is 5.10 Å². The van der Waals surface area contributed by atoms with Crippen LogP contribution in [0.4, 0.5) is 5.69 Å². The van der Waals surface area contributed by atoms with E-state index in [0.29, 0.717) is 32.7 Å². The van der Waals surface area contributed by atoms with Gasteiger partial charge in [-0.2, -0.15) is 0 Å². The summed E-state index contributed by atoms with van der Waals surface area (Å²) >= 11 is 0. The number of nitrogens with one attached hydrogen (secondary N) is 1. The Kier molecular flexibility index (Phi) is 12.8. The molecule has 0 fully saturated rings. The van der Waals surface area contributed by atoms with Crippen LogP contribution in [0.2, 0.25) is 0 Å². The van der Waals surface area contributed by atoms with Crippen molar-refractivity contribution in [1.29, 1.82) is 0 Å². The van der Waals surface area contributed by atoms with E-state index < -0.39 is 0 Å². The lowest BCUT2D eigenvalue weighted by Gasteiger charge is -2.28. The number of ether oxygens (including phenoxy) is 2. The second kappa shape index (κ2) is 17.0. The van der Waals surface area contributed by atoms with E-state index in [2.05, 4.69) is 21.7 Å². The fourth-order valence-corrected chi connectivity index (χ4v) is 5.32. The Morgan fingerprint density at radius 3 is 2.40 bits per heavy atom. The van der Waals surface area contributed by atoms with Gasteiger partial charge in [0.05, 0.1) is 37.2 Å². The number of unbranched alkanes of at least 4 members (excludes halogenated alkanes) is 2. The van der Waals surface area contributed by atoms with Gasteiger partial charge in [-0.05, 0) is 44.7 Å². The Morgan fingerprint density at radius 1 is 0.867 bits per heavy atom. The molecule has 242 valence electrons. The average Bonchev–Trinajstić information content (AvgIpc) is 3.44. The quantitative estimate of drug-likeness (QED) is 0.197. The molecular formula is C35H47N5O5. The number of hydrogen-bond acceptors (Lipinski definition) is 7. The molecule has 3 aromatic rings. The molecule has 2 aromatic carbocycles. The van der Waals surface area contributed by atoms with Crippen LogP contribution in [-0.2, 0) is 36.9 Å². The highest BCUT2D eigenvalue weighted by Gasteiger charge is 2.29. The zero-order valence-electron chi connectivity index (χ0n) is 27.1. The molecule has 0 radical (unpaired) electrons. The van der Waals surface area contributed by atoms with Gasteiger partial charge in [0.2, 0.25) is 11.8 Å². The predicted octanol–water partition coefficient (Wildman–Crippen LogP) is 5.58. The summed E-state index contributed by atoms with van der Waals surface area (Å²) in [6.45, 7) is 10.7. The van der Waals surface area contributed by atoms with Crippen LogP contribution in [-0.4, -0.2) is 65.1 Å². The summed E-state index contributed by atoms with van der Waals surface area (Å²) in [5.41, 5.74) is 5.28. The van der Waals surface area contributed by atoms with Crippen molar-refractivity contribution in [3.8, 4) is 22.5 Å². The van der Waals surface area contributed by atoms with Crippen molar-refractivity contribution in [2.24, 2.45) is 5.92 Å². The van der Waals surface area contributed by atoms with Gasteiger partial charge in [-0.3, -0.25) is 14.4 Å². The lowest BCUT2D eigenvalue weighted by Crippen LogP contribution is -2.34. The maximum atomic E-state index is 13.7. The summed E-state index contributed by atoms with van der Waals surface area (Å²) in [7, 11) is 0. The molecule has 1 aliphatic heterocycles. The van der Waals surface area contributed by atoms with E-state index >= 15 is 0 Å². The van der Waals surface area contributed by atoms with E-state index in [9.17, 15) is 14.4 Å². The van der Waals surface area contributed by atoms with Crippen molar-refractivity contribution in [3.63, 3.8) is 0 Å². The second-order valence-corrected chi connectivity index (χ2v) is 12.0. The highest BCUT2D eigenvalue weighted by molar-refractivity contribution is 6.01. The number of rotatable bonds is 17.